The number of nitrogens with one attached hydrogen (secondary N) is 3. The van der Waals surface area contributed by atoms with Crippen LogP contribution in [0.3, 0.4) is 0 Å². The van der Waals surface area contributed by atoms with Crippen molar-refractivity contribution in [1.82, 2.24) is 16.0 Å². The molecule has 0 fully saturated rings. The first kappa shape index (κ1) is 32.1. The highest BCUT2D eigenvalue weighted by molar-refractivity contribution is 7.80. The molecule has 2 aromatic rings. The van der Waals surface area contributed by atoms with Crippen LogP contribution >= 0.6 is 12.6 Å². The van der Waals surface area contributed by atoms with Crippen LogP contribution in [0.5, 0.6) is 0 Å². The highest BCUT2D eigenvalue weighted by Gasteiger charge is 2.30. The smallest absolute Gasteiger partial charge is 0.326 e. The molecule has 0 bridgehead atoms. The Morgan fingerprint density at radius 2 is 1.23 bits per heavy atom. The van der Waals surface area contributed by atoms with Crippen molar-refractivity contribution in [3.05, 3.63) is 71.8 Å². The zero-order valence-electron chi connectivity index (χ0n) is 22.0. The summed E-state index contributed by atoms with van der Waals surface area (Å²) in [5.41, 5.74) is 17.9. The first-order chi connectivity index (χ1) is 19.1. The minimum absolute atomic E-state index is 0.0676. The monoisotopic (exact) mass is 571 g/mol. The first-order valence-corrected chi connectivity index (χ1v) is 13.4. The third-order valence-electron chi connectivity index (χ3n) is 5.92. The van der Waals surface area contributed by atoms with Gasteiger partial charge in [0.25, 0.3) is 0 Å². The number of nitrogens with two attached hydrogens (primary N) is 3. The zero-order valence-corrected chi connectivity index (χ0v) is 22.9. The van der Waals surface area contributed by atoms with Crippen LogP contribution in [-0.2, 0) is 32.0 Å². The van der Waals surface area contributed by atoms with E-state index in [-0.39, 0.29) is 37.5 Å². The van der Waals surface area contributed by atoms with E-state index in [0.29, 0.717) is 6.42 Å². The van der Waals surface area contributed by atoms with Crippen LogP contribution in [0.2, 0.25) is 0 Å². The lowest BCUT2D eigenvalue weighted by atomic mass is 10.0. The molecule has 2 rings (SSSR count). The van der Waals surface area contributed by atoms with Crippen LogP contribution in [0, 0.1) is 0 Å². The summed E-state index contributed by atoms with van der Waals surface area (Å²) < 4.78 is 0. The van der Waals surface area contributed by atoms with E-state index in [1.165, 1.54) is 0 Å². The van der Waals surface area contributed by atoms with Crippen molar-refractivity contribution in [1.29, 1.82) is 0 Å². The Balaban J connectivity index is 2.25. The molecule has 0 aromatic heterocycles. The Labute approximate surface area is 238 Å². The van der Waals surface area contributed by atoms with Gasteiger partial charge in [0.2, 0.25) is 17.7 Å². The normalized spacial score (nSPS) is 13.7. The van der Waals surface area contributed by atoms with Gasteiger partial charge in [-0.15, -0.1) is 0 Å². The van der Waals surface area contributed by atoms with Gasteiger partial charge < -0.3 is 38.3 Å². The van der Waals surface area contributed by atoms with Crippen LogP contribution in [0.25, 0.3) is 0 Å². The molecule has 0 radical (unpaired) electrons. The summed E-state index contributed by atoms with van der Waals surface area (Å²) in [5, 5.41) is 17.5. The van der Waals surface area contributed by atoms with Crippen molar-refractivity contribution in [3.8, 4) is 0 Å². The fourth-order valence-electron chi connectivity index (χ4n) is 3.79. The minimum atomic E-state index is -1.24. The van der Waals surface area contributed by atoms with Crippen molar-refractivity contribution in [2.45, 2.75) is 49.9 Å². The summed E-state index contributed by atoms with van der Waals surface area (Å²) in [6, 6.07) is 13.6. The number of rotatable bonds is 16. The van der Waals surface area contributed by atoms with E-state index >= 15 is 0 Å². The van der Waals surface area contributed by atoms with Crippen molar-refractivity contribution >= 4 is 42.3 Å². The third-order valence-corrected chi connectivity index (χ3v) is 6.32. The zero-order chi connectivity index (χ0) is 29.5. The number of thiol groups is 1. The van der Waals surface area contributed by atoms with E-state index in [4.69, 9.17) is 17.2 Å². The Morgan fingerprint density at radius 3 is 1.65 bits per heavy atom. The average molecular weight is 572 g/mol. The van der Waals surface area contributed by atoms with E-state index < -0.39 is 47.9 Å². The van der Waals surface area contributed by atoms with Crippen LogP contribution in [0.4, 0.5) is 0 Å². The van der Waals surface area contributed by atoms with E-state index in [2.05, 4.69) is 33.6 Å². The van der Waals surface area contributed by atoms with Crippen molar-refractivity contribution in [3.63, 3.8) is 0 Å². The van der Waals surface area contributed by atoms with Gasteiger partial charge in [-0.05, 0) is 24.0 Å². The molecule has 10 N–H and O–H groups in total. The number of carbonyl (C=O) groups excluding carboxylic acids is 3. The van der Waals surface area contributed by atoms with Crippen LogP contribution in [0.15, 0.2) is 65.7 Å². The fraction of sp³-hybridized carbons (Fsp3) is 0.370. The molecule has 40 heavy (non-hydrogen) atoms. The third kappa shape index (κ3) is 11.3. The quantitative estimate of drug-likeness (QED) is 0.0558. The van der Waals surface area contributed by atoms with Gasteiger partial charge in [-0.25, -0.2) is 4.79 Å². The number of aliphatic carboxylic acids is 1. The maximum Gasteiger partial charge on any atom is 0.326 e. The fourth-order valence-corrected chi connectivity index (χ4v) is 3.95. The first-order valence-electron chi connectivity index (χ1n) is 12.7. The Bertz CT molecular complexity index is 1150. The number of carboxylic acid groups (broad SMARTS) is 1. The van der Waals surface area contributed by atoms with Gasteiger partial charge >= 0.3 is 5.97 Å². The lowest BCUT2D eigenvalue weighted by Crippen LogP contribution is -2.58. The number of carbonyl (C=O) groups is 4. The molecule has 0 saturated heterocycles. The predicted octanol–water partition coefficient (Wildman–Crippen LogP) is -0.678. The molecule has 4 atom stereocenters. The summed E-state index contributed by atoms with van der Waals surface area (Å²) in [6.45, 7) is 0.196. The van der Waals surface area contributed by atoms with E-state index in [0.717, 1.165) is 11.1 Å². The summed E-state index contributed by atoms with van der Waals surface area (Å²) in [5.74, 6) is -3.17. The van der Waals surface area contributed by atoms with Crippen LogP contribution < -0.4 is 33.2 Å². The van der Waals surface area contributed by atoms with Crippen molar-refractivity contribution < 1.29 is 24.3 Å². The van der Waals surface area contributed by atoms with E-state index in [9.17, 15) is 24.3 Å². The molecular formula is C27H37N7O5S. The summed E-state index contributed by atoms with van der Waals surface area (Å²) >= 11 is 4.05. The Hall–Kier alpha value is -4.10. The molecule has 4 unspecified atom stereocenters. The maximum atomic E-state index is 13.5. The number of aliphatic imine (C=N–C) groups is 1. The minimum Gasteiger partial charge on any atom is -0.480 e. The molecule has 0 saturated carbocycles. The predicted molar refractivity (Wildman–Crippen MR) is 155 cm³/mol. The number of amides is 3. The largest absolute Gasteiger partial charge is 0.480 e. The summed E-state index contributed by atoms with van der Waals surface area (Å²) in [7, 11) is 0. The summed E-state index contributed by atoms with van der Waals surface area (Å²) in [6.07, 6.45) is 0.598. The number of carboxylic acids is 1. The van der Waals surface area contributed by atoms with Gasteiger partial charge in [0, 0.05) is 25.1 Å². The van der Waals surface area contributed by atoms with E-state index in [1.807, 2.05) is 12.1 Å². The summed E-state index contributed by atoms with van der Waals surface area (Å²) in [4.78, 5) is 55.0. The number of benzene rings is 2. The van der Waals surface area contributed by atoms with Crippen molar-refractivity contribution in [2.75, 3.05) is 12.3 Å². The number of hydrogen-bond donors (Lipinski definition) is 8. The van der Waals surface area contributed by atoms with Gasteiger partial charge in [0.05, 0.1) is 6.04 Å². The van der Waals surface area contributed by atoms with Gasteiger partial charge in [0.15, 0.2) is 5.96 Å². The second-order valence-electron chi connectivity index (χ2n) is 9.14. The van der Waals surface area contributed by atoms with Crippen molar-refractivity contribution in [2.24, 2.45) is 22.2 Å². The molecule has 0 heterocycles. The van der Waals surface area contributed by atoms with Gasteiger partial charge in [-0.3, -0.25) is 19.4 Å². The molecule has 3 amide bonds. The highest BCUT2D eigenvalue weighted by Crippen LogP contribution is 2.08. The second-order valence-corrected chi connectivity index (χ2v) is 9.50. The average Bonchev–Trinajstić information content (AvgIpc) is 2.94. The molecule has 2 aromatic carbocycles. The molecular weight excluding hydrogens is 534 g/mol. The van der Waals surface area contributed by atoms with Gasteiger partial charge in [-0.2, -0.15) is 12.6 Å². The van der Waals surface area contributed by atoms with Gasteiger partial charge in [0.1, 0.15) is 18.1 Å². The highest BCUT2D eigenvalue weighted by atomic mass is 32.1. The SMILES string of the molecule is NC(N)=NCCCC(NC(=O)C(Cc1ccccc1)NC(=O)C(Cc1ccccc1)NC(=O)C(N)CS)C(=O)O. The lowest BCUT2D eigenvalue weighted by Gasteiger charge is -2.25. The van der Waals surface area contributed by atoms with E-state index in [1.54, 1.807) is 48.5 Å². The molecule has 12 nitrogen and oxygen atoms in total. The lowest BCUT2D eigenvalue weighted by molar-refractivity contribution is -0.142. The molecule has 0 spiro atoms. The molecule has 216 valence electrons. The Kier molecular flexibility index (Phi) is 13.5. The van der Waals surface area contributed by atoms with Crippen LogP contribution in [-0.4, -0.2) is 71.2 Å². The standard InChI is InChI=1S/C27H37N7O5S/c28-19(16-40)23(35)33-21(14-17-8-3-1-4-9-17)25(37)34-22(15-18-10-5-2-6-11-18)24(36)32-20(26(38)39)12-7-13-31-27(29)30/h1-6,8-11,19-22,40H,7,12-16,28H2,(H,32,36)(H,33,35)(H,34,37)(H,38,39)(H4,29,30,31). The number of nitrogens with zero attached hydrogens (tertiary/aromatic N) is 1. The Morgan fingerprint density at radius 1 is 0.775 bits per heavy atom. The van der Waals surface area contributed by atoms with Gasteiger partial charge in [-0.1, -0.05) is 60.7 Å². The molecule has 0 aliphatic heterocycles. The van der Waals surface area contributed by atoms with Crippen LogP contribution in [0.1, 0.15) is 24.0 Å². The number of guanidine groups is 1. The number of hydrogen-bond acceptors (Lipinski definition) is 7. The second kappa shape index (κ2) is 16.8. The topological polar surface area (TPSA) is 215 Å². The maximum absolute atomic E-state index is 13.5. The molecule has 13 heteroatoms. The molecule has 0 aliphatic rings. The molecule has 0 aliphatic carbocycles.